The zero-order chi connectivity index (χ0) is 19.4. The van der Waals surface area contributed by atoms with Gasteiger partial charge in [-0.15, -0.1) is 6.42 Å². The van der Waals surface area contributed by atoms with Crippen molar-refractivity contribution in [3.63, 3.8) is 0 Å². The fourth-order valence-electron chi connectivity index (χ4n) is 3.76. The third-order valence-electron chi connectivity index (χ3n) is 5.50. The number of amidine groups is 1. The van der Waals surface area contributed by atoms with Crippen LogP contribution in [0.2, 0.25) is 0 Å². The van der Waals surface area contributed by atoms with Crippen LogP contribution in [-0.2, 0) is 10.3 Å². The van der Waals surface area contributed by atoms with Crippen LogP contribution in [0.1, 0.15) is 50.7 Å². The third-order valence-corrected chi connectivity index (χ3v) is 5.50. The molecular weight excluding hydrogens is 332 g/mol. The van der Waals surface area contributed by atoms with E-state index in [1.165, 1.54) is 0 Å². The number of hydrogen-bond donors (Lipinski definition) is 1. The number of carbonyl (C=O) groups is 1. The average molecular weight is 358 g/mol. The number of carbonyl (C=O) groups excluding carboxylic acids is 1. The lowest BCUT2D eigenvalue weighted by Gasteiger charge is -2.30. The van der Waals surface area contributed by atoms with Crippen molar-refractivity contribution in [1.29, 1.82) is 0 Å². The van der Waals surface area contributed by atoms with E-state index in [9.17, 15) is 4.79 Å². The molecular formula is C24H26N2O. The monoisotopic (exact) mass is 358 g/mol. The first-order valence-electron chi connectivity index (χ1n) is 9.49. The highest BCUT2D eigenvalue weighted by atomic mass is 16.1. The van der Waals surface area contributed by atoms with E-state index in [0.717, 1.165) is 28.7 Å². The van der Waals surface area contributed by atoms with Gasteiger partial charge in [-0.25, -0.2) is 0 Å². The van der Waals surface area contributed by atoms with Crippen molar-refractivity contribution >= 4 is 11.6 Å². The molecule has 27 heavy (non-hydrogen) atoms. The number of benzene rings is 2. The Kier molecular flexibility index (Phi) is 5.46. The van der Waals surface area contributed by atoms with Gasteiger partial charge in [0.25, 0.3) is 0 Å². The van der Waals surface area contributed by atoms with Crippen molar-refractivity contribution in [2.24, 2.45) is 16.6 Å². The van der Waals surface area contributed by atoms with Gasteiger partial charge in [0.15, 0.2) is 0 Å². The molecule has 2 aromatic carbocycles. The number of nitrogens with zero attached hydrogens (tertiary/aromatic N) is 1. The van der Waals surface area contributed by atoms with Crippen LogP contribution in [0.4, 0.5) is 0 Å². The van der Waals surface area contributed by atoms with Crippen molar-refractivity contribution in [3.05, 3.63) is 59.7 Å². The summed E-state index contributed by atoms with van der Waals surface area (Å²) in [6.07, 6.45) is 8.09. The molecule has 1 aliphatic rings. The third kappa shape index (κ3) is 4.11. The molecule has 2 atom stereocenters. The quantitative estimate of drug-likeness (QED) is 0.810. The number of ketones is 1. The van der Waals surface area contributed by atoms with E-state index < -0.39 is 5.54 Å². The van der Waals surface area contributed by atoms with Gasteiger partial charge in [0, 0.05) is 24.3 Å². The average Bonchev–Trinajstić information content (AvgIpc) is 2.69. The van der Waals surface area contributed by atoms with E-state index in [2.05, 4.69) is 31.0 Å². The van der Waals surface area contributed by atoms with Crippen LogP contribution in [0.5, 0.6) is 0 Å². The van der Waals surface area contributed by atoms with Crippen LogP contribution in [-0.4, -0.2) is 11.6 Å². The fraction of sp³-hybridized carbons (Fsp3) is 0.333. The van der Waals surface area contributed by atoms with Gasteiger partial charge in [-0.1, -0.05) is 43.2 Å². The van der Waals surface area contributed by atoms with Gasteiger partial charge < -0.3 is 5.73 Å². The van der Waals surface area contributed by atoms with Crippen LogP contribution in [0, 0.1) is 18.3 Å². The van der Waals surface area contributed by atoms with Crippen LogP contribution < -0.4 is 5.73 Å². The van der Waals surface area contributed by atoms with Crippen LogP contribution in [0.15, 0.2) is 53.5 Å². The minimum absolute atomic E-state index is 0.00358. The lowest BCUT2D eigenvalue weighted by atomic mass is 9.82. The number of rotatable bonds is 3. The predicted octanol–water partition coefficient (Wildman–Crippen LogP) is 4.69. The van der Waals surface area contributed by atoms with Crippen LogP contribution in [0.3, 0.4) is 0 Å². The molecule has 2 N–H and O–H groups in total. The molecule has 3 rings (SSSR count). The van der Waals surface area contributed by atoms with Crippen molar-refractivity contribution in [2.75, 3.05) is 0 Å². The zero-order valence-electron chi connectivity index (χ0n) is 16.0. The lowest BCUT2D eigenvalue weighted by Crippen LogP contribution is -2.32. The minimum atomic E-state index is -0.502. The number of nitrogens with two attached hydrogens (primary N) is 1. The van der Waals surface area contributed by atoms with E-state index in [1.54, 1.807) is 0 Å². The summed E-state index contributed by atoms with van der Waals surface area (Å²) in [5.41, 5.74) is 9.78. The number of terminal acetylenes is 1. The van der Waals surface area contributed by atoms with Gasteiger partial charge in [0.1, 0.15) is 5.78 Å². The fourth-order valence-corrected chi connectivity index (χ4v) is 3.76. The Morgan fingerprint density at radius 3 is 2.63 bits per heavy atom. The molecule has 0 saturated carbocycles. The van der Waals surface area contributed by atoms with Gasteiger partial charge in [-0.3, -0.25) is 9.79 Å². The first kappa shape index (κ1) is 18.9. The molecule has 0 amide bonds. The Hall–Kier alpha value is -2.86. The molecule has 0 saturated heterocycles. The van der Waals surface area contributed by atoms with Gasteiger partial charge in [0.05, 0.1) is 11.4 Å². The second-order valence-electron chi connectivity index (χ2n) is 7.46. The highest BCUT2D eigenvalue weighted by Crippen LogP contribution is 2.36. The van der Waals surface area contributed by atoms with E-state index in [4.69, 9.17) is 17.1 Å². The smallest absolute Gasteiger partial charge is 0.136 e. The molecule has 1 heterocycles. The number of hydrogen-bond acceptors (Lipinski definition) is 3. The van der Waals surface area contributed by atoms with Crippen molar-refractivity contribution < 1.29 is 4.79 Å². The first-order valence-corrected chi connectivity index (χ1v) is 9.49. The van der Waals surface area contributed by atoms with Crippen molar-refractivity contribution in [3.8, 4) is 23.5 Å². The maximum absolute atomic E-state index is 12.5. The molecule has 138 valence electrons. The molecule has 0 radical (unpaired) electrons. The molecule has 0 bridgehead atoms. The summed E-state index contributed by atoms with van der Waals surface area (Å²) in [6.45, 7) is 4.10. The molecule has 0 aliphatic carbocycles. The largest absolute Gasteiger partial charge is 0.387 e. The molecule has 0 aromatic heterocycles. The predicted molar refractivity (Wildman–Crippen MR) is 111 cm³/mol. The summed E-state index contributed by atoms with van der Waals surface area (Å²) in [5.74, 6) is 3.54. The summed E-state index contributed by atoms with van der Waals surface area (Å²) in [4.78, 5) is 17.3. The first-order chi connectivity index (χ1) is 12.9. The normalized spacial score (nSPS) is 23.1. The van der Waals surface area contributed by atoms with E-state index in [-0.39, 0.29) is 5.92 Å². The summed E-state index contributed by atoms with van der Waals surface area (Å²) >= 11 is 0. The Balaban J connectivity index is 2.00. The summed E-state index contributed by atoms with van der Waals surface area (Å²) in [5, 5.41) is 0. The second-order valence-corrected chi connectivity index (χ2v) is 7.46. The standard InChI is InChI=1S/C24H26N2O/c1-4-17-8-6-9-19(14-17)20-10-7-11-21(15-20)24(3)13-12-22(27)18(5-2)16-23(25)26-24/h1,6-11,14-15,18H,5,12-13,16H2,2-3H3,(H2,25,26)/t18?,24-/m0/s1. The summed E-state index contributed by atoms with van der Waals surface area (Å²) < 4.78 is 0. The molecule has 1 unspecified atom stereocenters. The molecule has 3 nitrogen and oxygen atoms in total. The Morgan fingerprint density at radius 2 is 1.93 bits per heavy atom. The minimum Gasteiger partial charge on any atom is -0.387 e. The molecule has 2 aromatic rings. The highest BCUT2D eigenvalue weighted by Gasteiger charge is 2.31. The maximum Gasteiger partial charge on any atom is 0.136 e. The van der Waals surface area contributed by atoms with Gasteiger partial charge >= 0.3 is 0 Å². The maximum atomic E-state index is 12.5. The Labute approximate surface area is 161 Å². The highest BCUT2D eigenvalue weighted by molar-refractivity contribution is 5.90. The topological polar surface area (TPSA) is 55.5 Å². The zero-order valence-corrected chi connectivity index (χ0v) is 16.0. The van der Waals surface area contributed by atoms with E-state index >= 15 is 0 Å². The molecule has 0 fully saturated rings. The number of aliphatic imine (C=N–C) groups is 1. The van der Waals surface area contributed by atoms with E-state index in [0.29, 0.717) is 30.9 Å². The van der Waals surface area contributed by atoms with Crippen molar-refractivity contribution in [2.45, 2.75) is 45.1 Å². The SMILES string of the molecule is C#Cc1cccc(-c2cccc([C@]3(C)CCC(=O)C(CC)CC(N)=N3)c2)c1. The Bertz CT molecular complexity index is 922. The van der Waals surface area contributed by atoms with Crippen molar-refractivity contribution in [1.82, 2.24) is 0 Å². The Morgan fingerprint density at radius 1 is 1.22 bits per heavy atom. The number of Topliss-reactive ketones (excluding diaryl/α,β-unsaturated/α-hetero) is 1. The molecule has 0 spiro atoms. The second kappa shape index (κ2) is 7.80. The molecule has 1 aliphatic heterocycles. The summed E-state index contributed by atoms with van der Waals surface area (Å²) in [7, 11) is 0. The molecule has 3 heteroatoms. The lowest BCUT2D eigenvalue weighted by molar-refractivity contribution is -0.123. The van der Waals surface area contributed by atoms with Gasteiger partial charge in [-0.05, 0) is 54.7 Å². The van der Waals surface area contributed by atoms with Gasteiger partial charge in [0.2, 0.25) is 0 Å². The summed E-state index contributed by atoms with van der Waals surface area (Å²) in [6, 6.07) is 16.2. The van der Waals surface area contributed by atoms with Crippen LogP contribution in [0.25, 0.3) is 11.1 Å². The van der Waals surface area contributed by atoms with E-state index in [1.807, 2.05) is 37.3 Å². The van der Waals surface area contributed by atoms with Gasteiger partial charge in [-0.2, -0.15) is 0 Å². The van der Waals surface area contributed by atoms with Crippen LogP contribution >= 0.6 is 0 Å².